The predicted molar refractivity (Wildman–Crippen MR) is 209 cm³/mol. The van der Waals surface area contributed by atoms with Crippen LogP contribution < -0.4 is 20.9 Å². The van der Waals surface area contributed by atoms with Gasteiger partial charge >= 0.3 is 6.03 Å². The van der Waals surface area contributed by atoms with Crippen molar-refractivity contribution < 1.29 is 23.9 Å². The van der Waals surface area contributed by atoms with E-state index in [0.717, 1.165) is 91.2 Å². The third-order valence-electron chi connectivity index (χ3n) is 11.7. The van der Waals surface area contributed by atoms with Crippen LogP contribution in [0.2, 0.25) is 5.02 Å². The lowest BCUT2D eigenvalue weighted by Gasteiger charge is -2.38. The molecule has 5 aliphatic heterocycles. The second-order valence-corrected chi connectivity index (χ2v) is 15.8. The van der Waals surface area contributed by atoms with E-state index < -0.39 is 29.2 Å². The van der Waals surface area contributed by atoms with E-state index in [1.807, 2.05) is 30.3 Å². The number of urea groups is 1. The number of carbonyl (C=O) groups is 4. The maximum Gasteiger partial charge on any atom is 0.343 e. The van der Waals surface area contributed by atoms with Gasteiger partial charge < -0.3 is 25.2 Å². The number of likely N-dealkylation sites (tertiary alicyclic amines) is 1. The van der Waals surface area contributed by atoms with Crippen molar-refractivity contribution in [3.8, 4) is 17.3 Å². The smallest absolute Gasteiger partial charge is 0.343 e. The van der Waals surface area contributed by atoms with E-state index in [-0.39, 0.29) is 30.1 Å². The number of ether oxygens (including phenoxy) is 1. The number of carbonyl (C=O) groups excluding carboxylic acids is 4. The molecule has 5 aliphatic rings. The minimum atomic E-state index is -0.770. The highest BCUT2D eigenvalue weighted by Gasteiger charge is 2.43. The Kier molecular flexibility index (Phi) is 10.8. The predicted octanol–water partition coefficient (Wildman–Crippen LogP) is 4.78. The number of nitrogens with one attached hydrogen (secondary N) is 3. The van der Waals surface area contributed by atoms with E-state index >= 15 is 0 Å². The molecular weight excluding hydrogens is 736 g/mol. The van der Waals surface area contributed by atoms with Crippen molar-refractivity contribution >= 4 is 52.7 Å². The summed E-state index contributed by atoms with van der Waals surface area (Å²) in [5.74, 6) is 0.478. The Hall–Kier alpha value is -5.30. The van der Waals surface area contributed by atoms with Crippen LogP contribution in [0, 0.1) is 22.7 Å². The van der Waals surface area contributed by atoms with Crippen LogP contribution in [-0.2, 0) is 9.53 Å². The van der Waals surface area contributed by atoms with Crippen LogP contribution in [0.3, 0.4) is 0 Å². The van der Waals surface area contributed by atoms with E-state index in [2.05, 4.69) is 36.8 Å². The molecule has 16 heteroatoms. The second-order valence-electron chi connectivity index (χ2n) is 15.3. The number of nitrogens with zero attached hydrogens (tertiary/aromatic N) is 7. The van der Waals surface area contributed by atoms with Gasteiger partial charge in [0.2, 0.25) is 5.91 Å². The highest BCUT2D eigenvalue weighted by molar-refractivity contribution is 6.33. The van der Waals surface area contributed by atoms with Gasteiger partial charge in [0, 0.05) is 82.4 Å². The summed E-state index contributed by atoms with van der Waals surface area (Å²) < 4.78 is 5.47. The normalized spacial score (nSPS) is 20.8. The van der Waals surface area contributed by atoms with E-state index in [9.17, 15) is 24.4 Å². The first kappa shape index (κ1) is 37.6. The van der Waals surface area contributed by atoms with Crippen LogP contribution in [0.5, 0.6) is 0 Å². The zero-order valence-corrected chi connectivity index (χ0v) is 31.9. The van der Waals surface area contributed by atoms with Crippen LogP contribution >= 0.6 is 11.6 Å². The first-order valence-corrected chi connectivity index (χ1v) is 19.8. The lowest BCUT2D eigenvalue weighted by Crippen LogP contribution is -2.58. The molecule has 0 spiro atoms. The molecule has 3 aromatic rings. The molecule has 0 aliphatic carbocycles. The molecule has 4 saturated heterocycles. The topological polar surface area (TPSA) is 176 Å². The number of rotatable bonds is 10. The van der Waals surface area contributed by atoms with Crippen LogP contribution in [0.4, 0.5) is 22.1 Å². The van der Waals surface area contributed by atoms with Crippen molar-refractivity contribution in [1.82, 2.24) is 30.2 Å². The molecule has 0 atom stereocenters. The molecule has 15 nitrogen and oxygen atoms in total. The third kappa shape index (κ3) is 7.86. The Labute approximate surface area is 330 Å². The fraction of sp³-hybridized carbons (Fsp3) is 0.475. The van der Waals surface area contributed by atoms with Crippen molar-refractivity contribution in [3.63, 3.8) is 0 Å². The number of nitriles is 1. The number of piperidine rings is 2. The fourth-order valence-corrected chi connectivity index (χ4v) is 8.53. The Morgan fingerprint density at radius 1 is 0.911 bits per heavy atom. The van der Waals surface area contributed by atoms with Crippen molar-refractivity contribution in [2.24, 2.45) is 11.3 Å². The van der Waals surface area contributed by atoms with Gasteiger partial charge in [0.25, 0.3) is 11.8 Å². The van der Waals surface area contributed by atoms with Gasteiger partial charge in [-0.3, -0.25) is 19.7 Å². The van der Waals surface area contributed by atoms with Gasteiger partial charge in [-0.25, -0.2) is 19.8 Å². The molecule has 0 radical (unpaired) electrons. The SMILES string of the molecule is N#CC1(CNc2cccc(-c3cc(NC4CCN(CC5CCN(c6ccc7c(c6)C(=O)N(N6CCC(=O)NC6=O)C7=O)CC5)CC4)ncc3Cl)n2)CCOCC1. The average molecular weight is 781 g/mol. The summed E-state index contributed by atoms with van der Waals surface area (Å²) in [7, 11) is 0. The number of anilines is 3. The van der Waals surface area contributed by atoms with E-state index in [4.69, 9.17) is 21.3 Å². The lowest BCUT2D eigenvalue weighted by atomic mass is 9.82. The number of pyridine rings is 2. The zero-order valence-electron chi connectivity index (χ0n) is 31.1. The largest absolute Gasteiger partial charge is 0.381 e. The van der Waals surface area contributed by atoms with E-state index in [0.29, 0.717) is 49.4 Å². The van der Waals surface area contributed by atoms with Gasteiger partial charge in [0.15, 0.2) is 0 Å². The first-order chi connectivity index (χ1) is 27.2. The van der Waals surface area contributed by atoms with E-state index in [1.165, 1.54) is 0 Å². The maximum absolute atomic E-state index is 13.3. The van der Waals surface area contributed by atoms with Gasteiger partial charge in [-0.2, -0.15) is 10.3 Å². The number of amides is 5. The molecule has 4 fully saturated rings. The third-order valence-corrected chi connectivity index (χ3v) is 12.0. The number of hydrogen-bond donors (Lipinski definition) is 3. The number of imide groups is 2. The van der Waals surface area contributed by atoms with Crippen molar-refractivity contribution in [2.45, 2.75) is 51.0 Å². The molecule has 2 aromatic heterocycles. The number of hydrazine groups is 1. The molecular formula is C40H45ClN10O5. The van der Waals surface area contributed by atoms with Crippen molar-refractivity contribution in [1.29, 1.82) is 5.26 Å². The Bertz CT molecular complexity index is 2050. The molecule has 56 heavy (non-hydrogen) atoms. The lowest BCUT2D eigenvalue weighted by molar-refractivity contribution is -0.122. The number of aromatic nitrogens is 2. The van der Waals surface area contributed by atoms with Crippen molar-refractivity contribution in [2.75, 3.05) is 74.6 Å². The summed E-state index contributed by atoms with van der Waals surface area (Å²) in [5.41, 5.74) is 2.49. The minimum Gasteiger partial charge on any atom is -0.381 e. The average Bonchev–Trinajstić information content (AvgIpc) is 3.47. The van der Waals surface area contributed by atoms with Gasteiger partial charge in [-0.1, -0.05) is 17.7 Å². The molecule has 7 heterocycles. The molecule has 8 rings (SSSR count). The standard InChI is InChI=1S/C40H45ClN10O5/c41-32-22-43-35(21-31(32)33-2-1-3-34(46-33)44-25-40(24-42)11-18-56-19-12-40)45-27-8-13-48(14-9-27)23-26-6-15-49(16-7-26)28-4-5-29-30(20-28)38(54)51(37(29)53)50-17-10-36(52)47-39(50)55/h1-5,20-22,26-27H,6-19,23,25H2,(H,43,45)(H,44,46)(H,47,52,55). The molecule has 3 N–H and O–H groups in total. The first-order valence-electron chi connectivity index (χ1n) is 19.4. The van der Waals surface area contributed by atoms with Crippen molar-refractivity contribution in [3.05, 3.63) is 64.8 Å². The van der Waals surface area contributed by atoms with Crippen LogP contribution in [0.25, 0.3) is 11.3 Å². The fourth-order valence-electron chi connectivity index (χ4n) is 8.33. The highest BCUT2D eigenvalue weighted by atomic mass is 35.5. The van der Waals surface area contributed by atoms with Gasteiger partial charge in [0.1, 0.15) is 11.6 Å². The number of halogens is 1. The van der Waals surface area contributed by atoms with Gasteiger partial charge in [0.05, 0.1) is 39.9 Å². The molecule has 5 amide bonds. The number of hydrogen-bond acceptors (Lipinski definition) is 12. The zero-order chi connectivity index (χ0) is 38.8. The van der Waals surface area contributed by atoms with Gasteiger partial charge in [-0.05, 0) is 80.8 Å². The van der Waals surface area contributed by atoms with Crippen LogP contribution in [0.1, 0.15) is 65.7 Å². The summed E-state index contributed by atoms with van der Waals surface area (Å²) in [4.78, 5) is 64.5. The molecule has 0 saturated carbocycles. The minimum absolute atomic E-state index is 0.0214. The van der Waals surface area contributed by atoms with Gasteiger partial charge in [-0.15, -0.1) is 0 Å². The molecule has 292 valence electrons. The molecule has 0 unspecified atom stereocenters. The highest BCUT2D eigenvalue weighted by Crippen LogP contribution is 2.34. The Morgan fingerprint density at radius 3 is 2.43 bits per heavy atom. The summed E-state index contributed by atoms with van der Waals surface area (Å²) in [6, 6.07) is 15.0. The number of fused-ring (bicyclic) bond motifs is 1. The monoisotopic (exact) mass is 780 g/mol. The molecule has 0 bridgehead atoms. The summed E-state index contributed by atoms with van der Waals surface area (Å²) in [5, 5.41) is 21.4. The summed E-state index contributed by atoms with van der Waals surface area (Å²) in [6.45, 7) is 6.38. The second kappa shape index (κ2) is 16.0. The maximum atomic E-state index is 13.3. The Balaban J connectivity index is 0.806. The van der Waals surface area contributed by atoms with E-state index in [1.54, 1.807) is 18.3 Å². The summed E-state index contributed by atoms with van der Waals surface area (Å²) >= 11 is 6.63. The Morgan fingerprint density at radius 2 is 1.68 bits per heavy atom. The number of benzene rings is 1. The van der Waals surface area contributed by atoms with Crippen LogP contribution in [0.15, 0.2) is 48.7 Å². The molecule has 1 aromatic carbocycles. The summed E-state index contributed by atoms with van der Waals surface area (Å²) in [6.07, 6.45) is 7.12. The quantitative estimate of drug-likeness (QED) is 0.241. The van der Waals surface area contributed by atoms with Crippen LogP contribution in [-0.4, -0.2) is 114 Å².